The van der Waals surface area contributed by atoms with Gasteiger partial charge in [0.2, 0.25) is 5.91 Å². The highest BCUT2D eigenvalue weighted by Crippen LogP contribution is 2.41. The fourth-order valence-electron chi connectivity index (χ4n) is 4.11. The largest absolute Gasteiger partial charge is 0.492 e. The van der Waals surface area contributed by atoms with Gasteiger partial charge in [0.25, 0.3) is 0 Å². The van der Waals surface area contributed by atoms with Crippen molar-refractivity contribution < 1.29 is 13.9 Å². The summed E-state index contributed by atoms with van der Waals surface area (Å²) in [4.78, 5) is 17.1. The molecule has 0 atom stereocenters. The van der Waals surface area contributed by atoms with Crippen LogP contribution in [0.5, 0.6) is 5.75 Å². The van der Waals surface area contributed by atoms with Crippen molar-refractivity contribution in [1.82, 2.24) is 24.6 Å². The van der Waals surface area contributed by atoms with Crippen LogP contribution in [0.2, 0.25) is 0 Å². The number of hydrogen-bond donors (Lipinski definition) is 0. The summed E-state index contributed by atoms with van der Waals surface area (Å²) in [7, 11) is 0. The smallest absolute Gasteiger partial charge is 0.233 e. The first-order valence-corrected chi connectivity index (χ1v) is 12.7. The summed E-state index contributed by atoms with van der Waals surface area (Å²) < 4.78 is 22.1. The topological polar surface area (TPSA) is 63.5 Å². The molecule has 0 spiro atoms. The Kier molecular flexibility index (Phi) is 7.10. The van der Waals surface area contributed by atoms with Crippen LogP contribution in [0.1, 0.15) is 18.9 Å². The molecule has 178 valence electrons. The molecule has 1 aromatic heterocycles. The minimum Gasteiger partial charge on any atom is -0.492 e. The number of para-hydroxylation sites is 1. The van der Waals surface area contributed by atoms with Gasteiger partial charge in [-0.1, -0.05) is 42.1 Å². The summed E-state index contributed by atoms with van der Waals surface area (Å²) in [6.45, 7) is 4.57. The molecule has 34 heavy (non-hydrogen) atoms. The summed E-state index contributed by atoms with van der Waals surface area (Å²) in [5.74, 6) is 1.52. The molecule has 0 bridgehead atoms. The van der Waals surface area contributed by atoms with Gasteiger partial charge in [0.1, 0.15) is 18.2 Å². The Bertz CT molecular complexity index is 1110. The van der Waals surface area contributed by atoms with Crippen molar-refractivity contribution in [2.24, 2.45) is 0 Å². The van der Waals surface area contributed by atoms with Gasteiger partial charge in [-0.3, -0.25) is 14.3 Å². The highest BCUT2D eigenvalue weighted by atomic mass is 32.2. The van der Waals surface area contributed by atoms with Gasteiger partial charge in [-0.2, -0.15) is 0 Å². The lowest BCUT2D eigenvalue weighted by Crippen LogP contribution is -2.50. The van der Waals surface area contributed by atoms with Gasteiger partial charge in [-0.25, -0.2) is 4.39 Å². The van der Waals surface area contributed by atoms with Crippen LogP contribution in [0, 0.1) is 5.82 Å². The maximum absolute atomic E-state index is 14.3. The minimum absolute atomic E-state index is 0.1000. The van der Waals surface area contributed by atoms with E-state index in [-0.39, 0.29) is 17.8 Å². The molecule has 2 fully saturated rings. The number of ether oxygens (including phenoxy) is 1. The molecule has 1 saturated heterocycles. The molecular weight excluding hydrogens is 453 g/mol. The highest BCUT2D eigenvalue weighted by molar-refractivity contribution is 7.99. The summed E-state index contributed by atoms with van der Waals surface area (Å²) in [6, 6.07) is 16.7. The van der Waals surface area contributed by atoms with Gasteiger partial charge in [0.15, 0.2) is 11.0 Å². The van der Waals surface area contributed by atoms with E-state index >= 15 is 0 Å². The van der Waals surface area contributed by atoms with Crippen molar-refractivity contribution in [1.29, 1.82) is 0 Å². The van der Waals surface area contributed by atoms with E-state index in [2.05, 4.69) is 15.1 Å². The number of nitrogens with zero attached hydrogens (tertiary/aromatic N) is 5. The van der Waals surface area contributed by atoms with Crippen LogP contribution in [0.3, 0.4) is 0 Å². The van der Waals surface area contributed by atoms with E-state index < -0.39 is 0 Å². The molecule has 9 heteroatoms. The molecule has 2 aromatic carbocycles. The molecule has 3 aromatic rings. The molecule has 2 aliphatic rings. The van der Waals surface area contributed by atoms with Crippen LogP contribution in [0.25, 0.3) is 11.4 Å². The fraction of sp³-hybridized carbons (Fsp3) is 0.400. The predicted molar refractivity (Wildman–Crippen MR) is 129 cm³/mol. The molecule has 5 rings (SSSR count). The monoisotopic (exact) mass is 481 g/mol. The predicted octanol–water partition coefficient (Wildman–Crippen LogP) is 3.73. The van der Waals surface area contributed by atoms with E-state index in [0.717, 1.165) is 38.2 Å². The molecule has 1 saturated carbocycles. The maximum atomic E-state index is 14.3. The number of thioether (sulfide) groups is 1. The third-order valence-corrected chi connectivity index (χ3v) is 7.09. The molecular formula is C25H28FN5O2S. The van der Waals surface area contributed by atoms with Crippen LogP contribution in [0.15, 0.2) is 59.8 Å². The molecule has 0 unspecified atom stereocenters. The van der Waals surface area contributed by atoms with Crippen LogP contribution < -0.4 is 4.74 Å². The van der Waals surface area contributed by atoms with Gasteiger partial charge < -0.3 is 9.64 Å². The third kappa shape index (κ3) is 5.42. The van der Waals surface area contributed by atoms with Gasteiger partial charge in [0, 0.05) is 38.8 Å². The zero-order chi connectivity index (χ0) is 23.3. The SMILES string of the molecule is O=C(CSc1nnc(-c2ccccc2F)n1C1CC1)N1CCN(CCOc2ccccc2)CC1. The van der Waals surface area contributed by atoms with Gasteiger partial charge in [-0.15, -0.1) is 10.2 Å². The first-order chi connectivity index (χ1) is 16.7. The van der Waals surface area contributed by atoms with E-state index in [1.165, 1.54) is 17.8 Å². The number of halogens is 1. The number of aromatic nitrogens is 3. The van der Waals surface area contributed by atoms with Crippen LogP contribution in [-0.4, -0.2) is 75.6 Å². The highest BCUT2D eigenvalue weighted by Gasteiger charge is 2.31. The van der Waals surface area contributed by atoms with Crippen LogP contribution in [-0.2, 0) is 4.79 Å². The van der Waals surface area contributed by atoms with Crippen molar-refractivity contribution in [2.45, 2.75) is 24.0 Å². The second-order valence-corrected chi connectivity index (χ2v) is 9.50. The van der Waals surface area contributed by atoms with Gasteiger partial charge in [0.05, 0.1) is 11.3 Å². The Hall–Kier alpha value is -2.91. The van der Waals surface area contributed by atoms with Crippen molar-refractivity contribution in [3.8, 4) is 17.1 Å². The Labute approximate surface area is 202 Å². The van der Waals surface area contributed by atoms with Gasteiger partial charge >= 0.3 is 0 Å². The van der Waals surface area contributed by atoms with Crippen molar-refractivity contribution >= 4 is 17.7 Å². The van der Waals surface area contributed by atoms with E-state index in [0.29, 0.717) is 42.0 Å². The van der Waals surface area contributed by atoms with Crippen LogP contribution >= 0.6 is 11.8 Å². The van der Waals surface area contributed by atoms with E-state index in [1.54, 1.807) is 18.2 Å². The van der Waals surface area contributed by atoms with Crippen LogP contribution in [0.4, 0.5) is 4.39 Å². The summed E-state index contributed by atoms with van der Waals surface area (Å²) in [5, 5.41) is 9.25. The number of benzene rings is 2. The Balaban J connectivity index is 1.11. The number of carbonyl (C=O) groups is 1. The summed E-state index contributed by atoms with van der Waals surface area (Å²) in [6.07, 6.45) is 2.05. The fourth-order valence-corrected chi connectivity index (χ4v) is 5.02. The Morgan fingerprint density at radius 3 is 2.47 bits per heavy atom. The lowest BCUT2D eigenvalue weighted by Gasteiger charge is -2.34. The quantitative estimate of drug-likeness (QED) is 0.434. The first kappa shape index (κ1) is 22.9. The lowest BCUT2D eigenvalue weighted by atomic mass is 10.2. The number of amides is 1. The molecule has 7 nitrogen and oxygen atoms in total. The van der Waals surface area contributed by atoms with Crippen molar-refractivity contribution in [3.63, 3.8) is 0 Å². The van der Waals surface area contributed by atoms with E-state index in [9.17, 15) is 9.18 Å². The van der Waals surface area contributed by atoms with Gasteiger partial charge in [-0.05, 0) is 37.1 Å². The molecule has 0 N–H and O–H groups in total. The number of hydrogen-bond acceptors (Lipinski definition) is 6. The number of piperazine rings is 1. The lowest BCUT2D eigenvalue weighted by molar-refractivity contribution is -0.130. The number of rotatable bonds is 9. The average molecular weight is 482 g/mol. The number of carbonyl (C=O) groups excluding carboxylic acids is 1. The molecule has 2 heterocycles. The Morgan fingerprint density at radius 1 is 1.00 bits per heavy atom. The molecule has 1 aliphatic carbocycles. The standard InChI is InChI=1S/C25H28FN5O2S/c26-22-9-5-4-8-21(22)24-27-28-25(31(24)19-10-11-19)34-18-23(32)30-14-12-29(13-15-30)16-17-33-20-6-2-1-3-7-20/h1-9,19H,10-18H2. The second kappa shape index (κ2) is 10.6. The molecule has 0 radical (unpaired) electrons. The molecule has 1 amide bonds. The second-order valence-electron chi connectivity index (χ2n) is 8.56. The average Bonchev–Trinajstić information content (AvgIpc) is 3.63. The zero-order valence-electron chi connectivity index (χ0n) is 19.0. The zero-order valence-corrected chi connectivity index (χ0v) is 19.8. The van der Waals surface area contributed by atoms with E-state index in [4.69, 9.17) is 4.74 Å². The summed E-state index contributed by atoms with van der Waals surface area (Å²) in [5.41, 5.74) is 0.451. The molecule has 1 aliphatic heterocycles. The Morgan fingerprint density at radius 2 is 1.74 bits per heavy atom. The van der Waals surface area contributed by atoms with Crippen molar-refractivity contribution in [3.05, 3.63) is 60.4 Å². The normalized spacial score (nSPS) is 16.6. The maximum Gasteiger partial charge on any atom is 0.233 e. The minimum atomic E-state index is -0.309. The van der Waals surface area contributed by atoms with E-state index in [1.807, 2.05) is 39.8 Å². The first-order valence-electron chi connectivity index (χ1n) is 11.7. The third-order valence-electron chi connectivity index (χ3n) is 6.16. The summed E-state index contributed by atoms with van der Waals surface area (Å²) >= 11 is 1.39. The van der Waals surface area contributed by atoms with Crippen molar-refractivity contribution in [2.75, 3.05) is 45.1 Å².